The van der Waals surface area contributed by atoms with E-state index in [0.29, 0.717) is 16.6 Å². The topological polar surface area (TPSA) is 34.9 Å². The van der Waals surface area contributed by atoms with Gasteiger partial charge in [-0.2, -0.15) is 5.10 Å². The first kappa shape index (κ1) is 15.3. The first-order valence-electron chi connectivity index (χ1n) is 8.03. The molecule has 0 amide bonds. The molecule has 0 atom stereocenters. The van der Waals surface area contributed by atoms with E-state index in [1.54, 1.807) is 24.3 Å². The van der Waals surface area contributed by atoms with Gasteiger partial charge in [-0.15, -0.1) is 0 Å². The molecule has 4 aromatic rings. The average Bonchev–Trinajstić information content (AvgIpc) is 2.66. The fourth-order valence-electron chi connectivity index (χ4n) is 2.94. The van der Waals surface area contributed by atoms with E-state index >= 15 is 0 Å². The fourth-order valence-corrected chi connectivity index (χ4v) is 2.94. The predicted molar refractivity (Wildman–Crippen MR) is 96.9 cm³/mol. The van der Waals surface area contributed by atoms with Crippen molar-refractivity contribution in [3.05, 3.63) is 101 Å². The van der Waals surface area contributed by atoms with Crippen LogP contribution >= 0.6 is 0 Å². The van der Waals surface area contributed by atoms with Gasteiger partial charge in [0.15, 0.2) is 0 Å². The Hall–Kier alpha value is -3.27. The molecule has 122 valence electrons. The second-order valence-corrected chi connectivity index (χ2v) is 5.81. The van der Waals surface area contributed by atoms with Crippen LogP contribution in [-0.2, 0) is 6.54 Å². The van der Waals surface area contributed by atoms with E-state index in [9.17, 15) is 9.18 Å². The van der Waals surface area contributed by atoms with Gasteiger partial charge < -0.3 is 0 Å². The first-order chi connectivity index (χ1) is 12.2. The van der Waals surface area contributed by atoms with Crippen molar-refractivity contribution in [2.24, 2.45) is 0 Å². The zero-order valence-electron chi connectivity index (χ0n) is 13.4. The number of hydrogen-bond acceptors (Lipinski definition) is 2. The molecule has 3 aromatic carbocycles. The molecule has 0 saturated heterocycles. The van der Waals surface area contributed by atoms with Gasteiger partial charge in [-0.25, -0.2) is 9.07 Å². The quantitative estimate of drug-likeness (QED) is 0.563. The maximum atomic E-state index is 14.0. The van der Waals surface area contributed by atoms with Crippen LogP contribution in [0.2, 0.25) is 0 Å². The number of fused-ring (bicyclic) bond motifs is 1. The third kappa shape index (κ3) is 2.83. The molecule has 0 aliphatic rings. The minimum Gasteiger partial charge on any atom is -0.267 e. The minimum atomic E-state index is -0.342. The Morgan fingerprint density at radius 1 is 0.800 bits per heavy atom. The molecule has 0 unspecified atom stereocenters. The monoisotopic (exact) mass is 330 g/mol. The van der Waals surface area contributed by atoms with Crippen LogP contribution < -0.4 is 5.56 Å². The Balaban J connectivity index is 1.95. The van der Waals surface area contributed by atoms with Gasteiger partial charge in [0, 0.05) is 16.5 Å². The third-order valence-electron chi connectivity index (χ3n) is 4.19. The molecule has 0 aliphatic heterocycles. The van der Waals surface area contributed by atoms with Crippen molar-refractivity contribution in [1.82, 2.24) is 9.78 Å². The molecule has 0 fully saturated rings. The minimum absolute atomic E-state index is 0.0934. The molecule has 0 aliphatic carbocycles. The molecule has 4 rings (SSSR count). The Morgan fingerprint density at radius 2 is 1.44 bits per heavy atom. The lowest BCUT2D eigenvalue weighted by atomic mass is 10.1. The Bertz CT molecular complexity index is 1100. The van der Waals surface area contributed by atoms with Crippen molar-refractivity contribution >= 4 is 10.8 Å². The molecule has 0 bridgehead atoms. The Morgan fingerprint density at radius 3 is 2.20 bits per heavy atom. The zero-order chi connectivity index (χ0) is 17.2. The summed E-state index contributed by atoms with van der Waals surface area (Å²) in [5, 5.41) is 5.92. The van der Waals surface area contributed by atoms with E-state index in [1.165, 1.54) is 10.7 Å². The van der Waals surface area contributed by atoms with Gasteiger partial charge in [-0.3, -0.25) is 4.79 Å². The molecule has 1 heterocycles. The van der Waals surface area contributed by atoms with Gasteiger partial charge in [0.2, 0.25) is 0 Å². The second-order valence-electron chi connectivity index (χ2n) is 5.81. The van der Waals surface area contributed by atoms with Crippen molar-refractivity contribution in [2.75, 3.05) is 0 Å². The van der Waals surface area contributed by atoms with Crippen molar-refractivity contribution in [3.8, 4) is 11.3 Å². The lowest BCUT2D eigenvalue weighted by Crippen LogP contribution is -2.24. The lowest BCUT2D eigenvalue weighted by molar-refractivity contribution is 0.576. The molecule has 0 N–H and O–H groups in total. The van der Waals surface area contributed by atoms with E-state index in [2.05, 4.69) is 5.10 Å². The van der Waals surface area contributed by atoms with Crippen LogP contribution in [-0.4, -0.2) is 9.78 Å². The zero-order valence-corrected chi connectivity index (χ0v) is 13.4. The molecule has 0 radical (unpaired) electrons. The highest BCUT2D eigenvalue weighted by Crippen LogP contribution is 2.24. The second kappa shape index (κ2) is 6.32. The molecule has 25 heavy (non-hydrogen) atoms. The number of benzene rings is 3. The summed E-state index contributed by atoms with van der Waals surface area (Å²) < 4.78 is 15.3. The SMILES string of the molecule is O=c1c2ccccc2c(-c2ccccc2)nn1Cc1ccccc1F. The number of rotatable bonds is 3. The summed E-state index contributed by atoms with van der Waals surface area (Å²) in [5.41, 5.74) is 1.85. The Kier molecular flexibility index (Phi) is 3.86. The first-order valence-corrected chi connectivity index (χ1v) is 8.03. The van der Waals surface area contributed by atoms with Crippen LogP contribution in [0.3, 0.4) is 0 Å². The maximum Gasteiger partial charge on any atom is 0.274 e. The van der Waals surface area contributed by atoms with Gasteiger partial charge in [0.1, 0.15) is 5.82 Å². The summed E-state index contributed by atoms with van der Waals surface area (Å²) >= 11 is 0. The third-order valence-corrected chi connectivity index (χ3v) is 4.19. The van der Waals surface area contributed by atoms with E-state index in [4.69, 9.17) is 0 Å². The van der Waals surface area contributed by atoms with Crippen molar-refractivity contribution < 1.29 is 4.39 Å². The maximum absolute atomic E-state index is 14.0. The van der Waals surface area contributed by atoms with Crippen molar-refractivity contribution in [2.45, 2.75) is 6.54 Å². The molecular formula is C21H15FN2O. The van der Waals surface area contributed by atoms with Crippen molar-refractivity contribution in [1.29, 1.82) is 0 Å². The summed E-state index contributed by atoms with van der Waals surface area (Å²) in [7, 11) is 0. The summed E-state index contributed by atoms with van der Waals surface area (Å²) in [6.45, 7) is 0.0934. The highest BCUT2D eigenvalue weighted by atomic mass is 19.1. The van der Waals surface area contributed by atoms with Gasteiger partial charge in [-0.05, 0) is 12.1 Å². The molecule has 0 saturated carbocycles. The van der Waals surface area contributed by atoms with Crippen LogP contribution in [0.25, 0.3) is 22.0 Å². The van der Waals surface area contributed by atoms with Crippen LogP contribution in [0.5, 0.6) is 0 Å². The normalized spacial score (nSPS) is 10.9. The molecule has 4 heteroatoms. The van der Waals surface area contributed by atoms with E-state index in [-0.39, 0.29) is 17.9 Å². The van der Waals surface area contributed by atoms with Crippen molar-refractivity contribution in [3.63, 3.8) is 0 Å². The molecule has 3 nitrogen and oxygen atoms in total. The average molecular weight is 330 g/mol. The smallest absolute Gasteiger partial charge is 0.267 e. The molecule has 1 aromatic heterocycles. The van der Waals surface area contributed by atoms with Gasteiger partial charge >= 0.3 is 0 Å². The number of halogens is 1. The van der Waals surface area contributed by atoms with Gasteiger partial charge in [0.25, 0.3) is 5.56 Å². The predicted octanol–water partition coefficient (Wildman–Crippen LogP) is 4.25. The van der Waals surface area contributed by atoms with E-state index in [0.717, 1.165) is 10.9 Å². The highest BCUT2D eigenvalue weighted by molar-refractivity contribution is 5.93. The largest absolute Gasteiger partial charge is 0.274 e. The standard InChI is InChI=1S/C21H15FN2O/c22-19-13-7-4-10-16(19)14-24-21(25)18-12-6-5-11-17(18)20(23-24)15-8-2-1-3-9-15/h1-13H,14H2. The van der Waals surface area contributed by atoms with Crippen LogP contribution in [0.1, 0.15) is 5.56 Å². The number of aromatic nitrogens is 2. The molecule has 0 spiro atoms. The summed E-state index contributed by atoms with van der Waals surface area (Å²) in [4.78, 5) is 12.8. The number of nitrogens with zero attached hydrogens (tertiary/aromatic N) is 2. The van der Waals surface area contributed by atoms with Crippen LogP contribution in [0, 0.1) is 5.82 Å². The Labute approximate surface area is 144 Å². The van der Waals surface area contributed by atoms with Crippen LogP contribution in [0.4, 0.5) is 4.39 Å². The lowest BCUT2D eigenvalue weighted by Gasteiger charge is -2.11. The number of hydrogen-bond donors (Lipinski definition) is 0. The summed E-state index contributed by atoms with van der Waals surface area (Å²) in [5.74, 6) is -0.342. The van der Waals surface area contributed by atoms with E-state index in [1.807, 2.05) is 48.5 Å². The molecular weight excluding hydrogens is 315 g/mol. The van der Waals surface area contributed by atoms with Gasteiger partial charge in [0.05, 0.1) is 17.6 Å². The summed E-state index contributed by atoms with van der Waals surface area (Å²) in [6.07, 6.45) is 0. The van der Waals surface area contributed by atoms with Gasteiger partial charge in [-0.1, -0.05) is 66.7 Å². The van der Waals surface area contributed by atoms with E-state index < -0.39 is 0 Å². The fraction of sp³-hybridized carbons (Fsp3) is 0.0476. The summed E-state index contributed by atoms with van der Waals surface area (Å²) in [6, 6.07) is 23.5. The van der Waals surface area contributed by atoms with Crippen LogP contribution in [0.15, 0.2) is 83.7 Å². The highest BCUT2D eigenvalue weighted by Gasteiger charge is 2.13.